The van der Waals surface area contributed by atoms with Gasteiger partial charge in [-0.2, -0.15) is 0 Å². The molecule has 18 heavy (non-hydrogen) atoms. The van der Waals surface area contributed by atoms with Crippen LogP contribution in [0.15, 0.2) is 6.07 Å². The van der Waals surface area contributed by atoms with Crippen LogP contribution in [-0.4, -0.2) is 30.6 Å². The largest absolute Gasteiger partial charge is 0.306 e. The SMILES string of the molecule is Cc1cc(C(C)NC2CN3CCC2CC3)c(C)s1. The lowest BCUT2D eigenvalue weighted by Crippen LogP contribution is -2.56. The number of fused-ring (bicyclic) bond motifs is 3. The van der Waals surface area contributed by atoms with Gasteiger partial charge in [0.15, 0.2) is 0 Å². The zero-order valence-corrected chi connectivity index (χ0v) is 12.5. The summed E-state index contributed by atoms with van der Waals surface area (Å²) in [5.41, 5.74) is 1.51. The number of hydrogen-bond donors (Lipinski definition) is 1. The summed E-state index contributed by atoms with van der Waals surface area (Å²) in [5, 5.41) is 3.89. The Kier molecular flexibility index (Phi) is 3.48. The van der Waals surface area contributed by atoms with E-state index in [-0.39, 0.29) is 0 Å². The third-order valence-corrected chi connectivity index (χ3v) is 5.65. The molecule has 2 unspecified atom stereocenters. The lowest BCUT2D eigenvalue weighted by Gasteiger charge is -2.46. The van der Waals surface area contributed by atoms with Crippen molar-refractivity contribution in [3.63, 3.8) is 0 Å². The van der Waals surface area contributed by atoms with Crippen molar-refractivity contribution in [1.29, 1.82) is 0 Å². The van der Waals surface area contributed by atoms with Crippen LogP contribution in [-0.2, 0) is 0 Å². The summed E-state index contributed by atoms with van der Waals surface area (Å²) in [4.78, 5) is 5.54. The Bertz CT molecular complexity index is 418. The maximum Gasteiger partial charge on any atom is 0.0306 e. The molecule has 0 spiro atoms. The molecule has 4 rings (SSSR count). The first-order valence-electron chi connectivity index (χ1n) is 7.19. The van der Waals surface area contributed by atoms with Crippen molar-refractivity contribution in [3.05, 3.63) is 21.4 Å². The van der Waals surface area contributed by atoms with Crippen molar-refractivity contribution in [1.82, 2.24) is 10.2 Å². The summed E-state index contributed by atoms with van der Waals surface area (Å²) in [5.74, 6) is 0.914. The number of rotatable bonds is 3. The number of nitrogens with one attached hydrogen (secondary N) is 1. The molecule has 1 aromatic heterocycles. The van der Waals surface area contributed by atoms with Crippen LogP contribution in [0.1, 0.15) is 41.1 Å². The Balaban J connectivity index is 1.67. The number of hydrogen-bond acceptors (Lipinski definition) is 3. The first-order chi connectivity index (χ1) is 8.63. The molecule has 3 heteroatoms. The van der Waals surface area contributed by atoms with Gasteiger partial charge in [0.1, 0.15) is 0 Å². The van der Waals surface area contributed by atoms with E-state index in [0.717, 1.165) is 5.92 Å². The molecule has 1 N–H and O–H groups in total. The van der Waals surface area contributed by atoms with Crippen LogP contribution in [0, 0.1) is 19.8 Å². The Morgan fingerprint density at radius 3 is 2.56 bits per heavy atom. The third kappa shape index (κ3) is 2.36. The van der Waals surface area contributed by atoms with Crippen LogP contribution in [0.3, 0.4) is 0 Å². The summed E-state index contributed by atoms with van der Waals surface area (Å²) < 4.78 is 0. The normalized spacial score (nSPS) is 32.7. The summed E-state index contributed by atoms with van der Waals surface area (Å²) in [6, 6.07) is 3.57. The fourth-order valence-electron chi connectivity index (χ4n) is 3.65. The fraction of sp³-hybridized carbons (Fsp3) is 0.733. The molecule has 0 aromatic carbocycles. The molecule has 2 nitrogen and oxygen atoms in total. The highest BCUT2D eigenvalue weighted by Crippen LogP contribution is 2.31. The maximum atomic E-state index is 3.89. The van der Waals surface area contributed by atoms with Gasteiger partial charge in [0.2, 0.25) is 0 Å². The zero-order valence-electron chi connectivity index (χ0n) is 11.7. The van der Waals surface area contributed by atoms with Gasteiger partial charge < -0.3 is 10.2 Å². The van der Waals surface area contributed by atoms with Crippen molar-refractivity contribution >= 4 is 11.3 Å². The van der Waals surface area contributed by atoms with Crippen molar-refractivity contribution in [2.45, 2.75) is 45.7 Å². The minimum Gasteiger partial charge on any atom is -0.306 e. The highest BCUT2D eigenvalue weighted by atomic mass is 32.1. The topological polar surface area (TPSA) is 15.3 Å². The molecule has 100 valence electrons. The van der Waals surface area contributed by atoms with Gasteiger partial charge in [-0.1, -0.05) is 0 Å². The van der Waals surface area contributed by atoms with E-state index in [9.17, 15) is 0 Å². The van der Waals surface area contributed by atoms with Gasteiger partial charge in [-0.15, -0.1) is 11.3 Å². The van der Waals surface area contributed by atoms with Crippen LogP contribution in [0.5, 0.6) is 0 Å². The third-order valence-electron chi connectivity index (χ3n) is 4.67. The molecule has 0 saturated carbocycles. The molecule has 3 fully saturated rings. The molecule has 2 atom stereocenters. The molecule has 0 aliphatic carbocycles. The number of piperidine rings is 3. The number of nitrogens with zero attached hydrogens (tertiary/aromatic N) is 1. The van der Waals surface area contributed by atoms with Crippen LogP contribution >= 0.6 is 11.3 Å². The average molecular weight is 264 g/mol. The molecule has 0 amide bonds. The Hall–Kier alpha value is -0.380. The molecule has 3 aliphatic rings. The Labute approximate surface area is 114 Å². The Morgan fingerprint density at radius 1 is 1.33 bits per heavy atom. The van der Waals surface area contributed by atoms with Crippen LogP contribution in [0.4, 0.5) is 0 Å². The number of thiophene rings is 1. The standard InChI is InChI=1S/C15H24N2S/c1-10-8-14(12(3)18-10)11(2)16-15-9-17-6-4-13(15)5-7-17/h8,11,13,15-16H,4-7,9H2,1-3H3. The molecular formula is C15H24N2S. The van der Waals surface area contributed by atoms with E-state index in [1.807, 2.05) is 11.3 Å². The molecule has 4 heterocycles. The van der Waals surface area contributed by atoms with E-state index in [2.05, 4.69) is 37.1 Å². The molecule has 1 aromatic rings. The van der Waals surface area contributed by atoms with Gasteiger partial charge in [0.05, 0.1) is 0 Å². The van der Waals surface area contributed by atoms with Crippen molar-refractivity contribution in [2.75, 3.05) is 19.6 Å². The first kappa shape index (κ1) is 12.6. The van der Waals surface area contributed by atoms with Gasteiger partial charge in [-0.05, 0) is 64.3 Å². The summed E-state index contributed by atoms with van der Waals surface area (Å²) in [7, 11) is 0. The van der Waals surface area contributed by atoms with Crippen LogP contribution in [0.25, 0.3) is 0 Å². The average Bonchev–Trinajstić information content (AvgIpc) is 2.70. The van der Waals surface area contributed by atoms with E-state index >= 15 is 0 Å². The second-order valence-corrected chi connectivity index (χ2v) is 7.46. The lowest BCUT2D eigenvalue weighted by atomic mass is 9.83. The van der Waals surface area contributed by atoms with Gasteiger partial charge in [0, 0.05) is 28.4 Å². The summed E-state index contributed by atoms with van der Waals surface area (Å²) >= 11 is 1.92. The van der Waals surface area contributed by atoms with Gasteiger partial charge >= 0.3 is 0 Å². The van der Waals surface area contributed by atoms with E-state index in [4.69, 9.17) is 0 Å². The van der Waals surface area contributed by atoms with Crippen molar-refractivity contribution in [2.24, 2.45) is 5.92 Å². The quantitative estimate of drug-likeness (QED) is 0.902. The van der Waals surface area contributed by atoms with E-state index in [1.165, 1.54) is 47.8 Å². The van der Waals surface area contributed by atoms with Gasteiger partial charge in [0.25, 0.3) is 0 Å². The predicted molar refractivity (Wildman–Crippen MR) is 78.3 cm³/mol. The summed E-state index contributed by atoms with van der Waals surface area (Å²) in [6.45, 7) is 10.7. The second-order valence-electron chi connectivity index (χ2n) is 6.00. The first-order valence-corrected chi connectivity index (χ1v) is 8.00. The fourth-order valence-corrected chi connectivity index (χ4v) is 4.67. The Morgan fingerprint density at radius 2 is 2.06 bits per heavy atom. The van der Waals surface area contributed by atoms with Crippen LogP contribution in [0.2, 0.25) is 0 Å². The number of aryl methyl sites for hydroxylation is 2. The zero-order chi connectivity index (χ0) is 12.7. The summed E-state index contributed by atoms with van der Waals surface area (Å²) in [6.07, 6.45) is 2.79. The molecule has 3 saturated heterocycles. The van der Waals surface area contributed by atoms with Gasteiger partial charge in [-0.3, -0.25) is 0 Å². The molecule has 2 bridgehead atoms. The van der Waals surface area contributed by atoms with E-state index < -0.39 is 0 Å². The second kappa shape index (κ2) is 4.95. The maximum absolute atomic E-state index is 3.89. The predicted octanol–water partition coefficient (Wildman–Crippen LogP) is 3.11. The van der Waals surface area contributed by atoms with E-state index in [1.54, 1.807) is 0 Å². The monoisotopic (exact) mass is 264 g/mol. The van der Waals surface area contributed by atoms with E-state index in [0.29, 0.717) is 12.1 Å². The minimum atomic E-state index is 0.500. The van der Waals surface area contributed by atoms with Crippen molar-refractivity contribution in [3.8, 4) is 0 Å². The molecule has 0 radical (unpaired) electrons. The van der Waals surface area contributed by atoms with Crippen LogP contribution < -0.4 is 5.32 Å². The smallest absolute Gasteiger partial charge is 0.0306 e. The molecular weight excluding hydrogens is 240 g/mol. The highest BCUT2D eigenvalue weighted by molar-refractivity contribution is 7.12. The molecule has 3 aliphatic heterocycles. The minimum absolute atomic E-state index is 0.500. The van der Waals surface area contributed by atoms with Crippen molar-refractivity contribution < 1.29 is 0 Å². The highest BCUT2D eigenvalue weighted by Gasteiger charge is 2.34. The van der Waals surface area contributed by atoms with Gasteiger partial charge in [-0.25, -0.2) is 0 Å². The lowest BCUT2D eigenvalue weighted by molar-refractivity contribution is 0.0680.